The Hall–Kier alpha value is -1.48. The van der Waals surface area contributed by atoms with Crippen LogP contribution in [0.4, 0.5) is 31.1 Å². The third-order valence-corrected chi connectivity index (χ3v) is 0.915. The summed E-state index contributed by atoms with van der Waals surface area (Å²) in [4.78, 5) is 13.3. The Morgan fingerprint density at radius 2 is 1.47 bits per heavy atom. The molecule has 0 heterocycles. The van der Waals surface area contributed by atoms with E-state index in [1.54, 1.807) is 5.16 Å². The topological polar surface area (TPSA) is 47.9 Å². The standard InChI is InChI=1S/C5H3F6NO3/c1-14-3(13)15-12-2(4(6,7)8)5(9,10)11/h1H3. The lowest BCUT2D eigenvalue weighted by molar-refractivity contribution is -0.121. The second kappa shape index (κ2) is 4.36. The summed E-state index contributed by atoms with van der Waals surface area (Å²) < 4.78 is 73.7. The number of hydrogen-bond donors (Lipinski definition) is 0. The van der Waals surface area contributed by atoms with Crippen molar-refractivity contribution in [3.05, 3.63) is 0 Å². The Bertz CT molecular complexity index is 251. The summed E-state index contributed by atoms with van der Waals surface area (Å²) in [7, 11) is 0.693. The monoisotopic (exact) mass is 239 g/mol. The minimum Gasteiger partial charge on any atom is -0.436 e. The predicted molar refractivity (Wildman–Crippen MR) is 33.0 cm³/mol. The van der Waals surface area contributed by atoms with E-state index in [9.17, 15) is 31.1 Å². The van der Waals surface area contributed by atoms with Crippen molar-refractivity contribution in [3.63, 3.8) is 0 Å². The average Bonchev–Trinajstić information content (AvgIpc) is 1.99. The number of methoxy groups -OCH3 is 1. The summed E-state index contributed by atoms with van der Waals surface area (Å²) in [5, 5.41) is 1.63. The molecule has 0 aromatic heterocycles. The lowest BCUT2D eigenvalue weighted by Gasteiger charge is -2.11. The van der Waals surface area contributed by atoms with Gasteiger partial charge in [-0.15, -0.1) is 0 Å². The van der Waals surface area contributed by atoms with Crippen molar-refractivity contribution < 1.29 is 40.7 Å². The Balaban J connectivity index is 4.89. The molecule has 88 valence electrons. The number of carbonyl (C=O) groups is 1. The van der Waals surface area contributed by atoms with Crippen LogP contribution in [0, 0.1) is 0 Å². The minimum absolute atomic E-state index is 0.693. The number of rotatable bonds is 1. The molecule has 0 aliphatic carbocycles. The fraction of sp³-hybridized carbons (Fsp3) is 0.600. The van der Waals surface area contributed by atoms with Gasteiger partial charge in [-0.2, -0.15) is 26.3 Å². The van der Waals surface area contributed by atoms with E-state index in [2.05, 4.69) is 9.57 Å². The lowest BCUT2D eigenvalue weighted by Crippen LogP contribution is -2.37. The van der Waals surface area contributed by atoms with Crippen LogP contribution in [-0.4, -0.2) is 31.3 Å². The van der Waals surface area contributed by atoms with E-state index in [0.717, 1.165) is 0 Å². The second-order valence-corrected chi connectivity index (χ2v) is 1.98. The largest absolute Gasteiger partial charge is 0.534 e. The van der Waals surface area contributed by atoms with Gasteiger partial charge in [0.15, 0.2) is 0 Å². The van der Waals surface area contributed by atoms with E-state index < -0.39 is 24.2 Å². The summed E-state index contributed by atoms with van der Waals surface area (Å²) in [6.45, 7) is 0. The molecule has 4 nitrogen and oxygen atoms in total. The summed E-state index contributed by atoms with van der Waals surface area (Å²) >= 11 is 0. The van der Waals surface area contributed by atoms with Crippen LogP contribution in [-0.2, 0) is 9.57 Å². The van der Waals surface area contributed by atoms with Gasteiger partial charge in [-0.05, 0) is 0 Å². The molecule has 0 bridgehead atoms. The van der Waals surface area contributed by atoms with Gasteiger partial charge in [-0.25, -0.2) is 4.79 Å². The van der Waals surface area contributed by atoms with E-state index >= 15 is 0 Å². The fourth-order valence-electron chi connectivity index (χ4n) is 0.384. The zero-order valence-electron chi connectivity index (χ0n) is 6.94. The third kappa shape index (κ3) is 4.51. The molecule has 0 saturated carbocycles. The van der Waals surface area contributed by atoms with Gasteiger partial charge in [0, 0.05) is 0 Å². The van der Waals surface area contributed by atoms with Gasteiger partial charge >= 0.3 is 18.5 Å². The van der Waals surface area contributed by atoms with Crippen LogP contribution in [0.2, 0.25) is 0 Å². The molecule has 0 aromatic rings. The first-order chi connectivity index (χ1) is 6.59. The Kier molecular flexibility index (Phi) is 3.93. The van der Waals surface area contributed by atoms with Gasteiger partial charge in [-0.1, -0.05) is 5.16 Å². The highest BCUT2D eigenvalue weighted by Gasteiger charge is 2.54. The molecule has 0 unspecified atom stereocenters. The Labute approximate surface area is 78.4 Å². The highest BCUT2D eigenvalue weighted by molar-refractivity contribution is 5.94. The van der Waals surface area contributed by atoms with Crippen LogP contribution in [0.25, 0.3) is 0 Å². The average molecular weight is 239 g/mol. The second-order valence-electron chi connectivity index (χ2n) is 1.98. The van der Waals surface area contributed by atoms with E-state index in [1.807, 2.05) is 0 Å². The third-order valence-electron chi connectivity index (χ3n) is 0.915. The smallest absolute Gasteiger partial charge is 0.436 e. The van der Waals surface area contributed by atoms with Crippen molar-refractivity contribution in [1.29, 1.82) is 0 Å². The highest BCUT2D eigenvalue weighted by atomic mass is 19.4. The highest BCUT2D eigenvalue weighted by Crippen LogP contribution is 2.30. The van der Waals surface area contributed by atoms with Gasteiger partial charge < -0.3 is 4.74 Å². The van der Waals surface area contributed by atoms with E-state index in [0.29, 0.717) is 7.11 Å². The molecule has 0 aliphatic heterocycles. The van der Waals surface area contributed by atoms with Crippen LogP contribution in [0.5, 0.6) is 0 Å². The first kappa shape index (κ1) is 13.5. The Morgan fingerprint density at radius 3 is 1.73 bits per heavy atom. The van der Waals surface area contributed by atoms with Crippen molar-refractivity contribution in [3.8, 4) is 0 Å². The number of carbonyl (C=O) groups excluding carboxylic acids is 1. The summed E-state index contributed by atoms with van der Waals surface area (Å²) in [6.07, 6.45) is -13.3. The van der Waals surface area contributed by atoms with Crippen LogP contribution in [0.3, 0.4) is 0 Å². The molecule has 0 fully saturated rings. The molecule has 0 atom stereocenters. The van der Waals surface area contributed by atoms with Crippen LogP contribution < -0.4 is 0 Å². The maximum atomic E-state index is 11.7. The van der Waals surface area contributed by atoms with Gasteiger partial charge in [0.05, 0.1) is 7.11 Å². The van der Waals surface area contributed by atoms with Gasteiger partial charge in [0.25, 0.3) is 5.71 Å². The van der Waals surface area contributed by atoms with Crippen molar-refractivity contribution in [2.24, 2.45) is 5.16 Å². The Morgan fingerprint density at radius 1 is 1.07 bits per heavy atom. The minimum atomic E-state index is -5.77. The molecular weight excluding hydrogens is 236 g/mol. The van der Waals surface area contributed by atoms with Crippen LogP contribution in [0.15, 0.2) is 5.16 Å². The quantitative estimate of drug-likeness (QED) is 0.232. The summed E-state index contributed by atoms with van der Waals surface area (Å²) in [5.41, 5.74) is -3.18. The summed E-state index contributed by atoms with van der Waals surface area (Å²) in [6, 6.07) is 0. The number of halogens is 6. The predicted octanol–water partition coefficient (Wildman–Crippen LogP) is 2.25. The maximum absolute atomic E-state index is 11.7. The number of alkyl halides is 6. The van der Waals surface area contributed by atoms with Crippen LogP contribution >= 0.6 is 0 Å². The molecule has 0 radical (unpaired) electrons. The van der Waals surface area contributed by atoms with E-state index in [-0.39, 0.29) is 0 Å². The molecule has 0 aromatic carbocycles. The first-order valence-corrected chi connectivity index (χ1v) is 3.06. The fourth-order valence-corrected chi connectivity index (χ4v) is 0.384. The van der Waals surface area contributed by atoms with Gasteiger partial charge in [0.2, 0.25) is 0 Å². The molecule has 15 heavy (non-hydrogen) atoms. The molecule has 0 saturated heterocycles. The lowest BCUT2D eigenvalue weighted by atomic mass is 10.3. The summed E-state index contributed by atoms with van der Waals surface area (Å²) in [5.74, 6) is 0. The van der Waals surface area contributed by atoms with E-state index in [1.165, 1.54) is 0 Å². The SMILES string of the molecule is COC(=O)ON=C(C(F)(F)F)C(F)(F)F. The molecule has 0 spiro atoms. The molecule has 0 rings (SSSR count). The number of hydrogen-bond acceptors (Lipinski definition) is 4. The number of oxime groups is 1. The molecule has 0 amide bonds. The van der Waals surface area contributed by atoms with Crippen molar-refractivity contribution in [2.75, 3.05) is 7.11 Å². The van der Waals surface area contributed by atoms with Crippen molar-refractivity contribution in [1.82, 2.24) is 0 Å². The van der Waals surface area contributed by atoms with Gasteiger partial charge in [-0.3, -0.25) is 4.84 Å². The van der Waals surface area contributed by atoms with E-state index in [4.69, 9.17) is 0 Å². The molecule has 10 heteroatoms. The molecule has 0 aliphatic rings. The zero-order chi connectivity index (χ0) is 12.3. The maximum Gasteiger partial charge on any atom is 0.534 e. The van der Waals surface area contributed by atoms with Gasteiger partial charge in [0.1, 0.15) is 0 Å². The molecular formula is C5H3F6NO3. The van der Waals surface area contributed by atoms with Crippen LogP contribution in [0.1, 0.15) is 0 Å². The first-order valence-electron chi connectivity index (χ1n) is 3.06. The zero-order valence-corrected chi connectivity index (χ0v) is 6.94. The normalized spacial score (nSPS) is 11.9. The number of nitrogens with zero attached hydrogens (tertiary/aromatic N) is 1. The van der Waals surface area contributed by atoms with Crippen molar-refractivity contribution >= 4 is 11.9 Å². The number of ether oxygens (including phenoxy) is 1. The van der Waals surface area contributed by atoms with Crippen molar-refractivity contribution in [2.45, 2.75) is 12.4 Å². The molecule has 0 N–H and O–H groups in total.